The summed E-state index contributed by atoms with van der Waals surface area (Å²) in [5, 5.41) is 8.35. The third-order valence-electron chi connectivity index (χ3n) is 4.44. The second kappa shape index (κ2) is 8.56. The van der Waals surface area contributed by atoms with Crippen molar-refractivity contribution in [2.24, 2.45) is 5.92 Å². The topological polar surface area (TPSA) is 98.9 Å². The summed E-state index contributed by atoms with van der Waals surface area (Å²) in [4.78, 5) is 32.6. The van der Waals surface area contributed by atoms with Crippen LogP contribution in [0.2, 0.25) is 0 Å². The summed E-state index contributed by atoms with van der Waals surface area (Å²) in [5.74, 6) is 0.544. The molecular formula is C21H25N5O2. The molecule has 0 aliphatic heterocycles. The fourth-order valence-corrected chi connectivity index (χ4v) is 2.90. The van der Waals surface area contributed by atoms with Gasteiger partial charge < -0.3 is 20.9 Å². The molecule has 0 unspecified atom stereocenters. The molecular weight excluding hydrogens is 354 g/mol. The third-order valence-corrected chi connectivity index (χ3v) is 4.44. The van der Waals surface area contributed by atoms with Crippen LogP contribution in [0.15, 0.2) is 54.6 Å². The number of rotatable bonds is 6. The highest BCUT2D eigenvalue weighted by atomic mass is 16.2. The molecule has 0 radical (unpaired) electrons. The Hall–Kier alpha value is -3.35. The molecule has 0 fully saturated rings. The Morgan fingerprint density at radius 3 is 2.29 bits per heavy atom. The molecule has 4 N–H and O–H groups in total. The van der Waals surface area contributed by atoms with Crippen LogP contribution in [0.4, 0.5) is 10.5 Å². The molecule has 146 valence electrons. The van der Waals surface area contributed by atoms with E-state index in [0.29, 0.717) is 11.5 Å². The first-order valence-corrected chi connectivity index (χ1v) is 9.31. The highest BCUT2D eigenvalue weighted by Crippen LogP contribution is 2.22. The Labute approximate surface area is 163 Å². The number of H-pyrrole nitrogens is 1. The fourth-order valence-electron chi connectivity index (χ4n) is 2.90. The van der Waals surface area contributed by atoms with Gasteiger partial charge >= 0.3 is 6.03 Å². The summed E-state index contributed by atoms with van der Waals surface area (Å²) in [6, 6.07) is 15.4. The summed E-state index contributed by atoms with van der Waals surface area (Å²) < 4.78 is 0. The van der Waals surface area contributed by atoms with Gasteiger partial charge in [-0.1, -0.05) is 44.2 Å². The number of hydrogen-bond acceptors (Lipinski definition) is 3. The van der Waals surface area contributed by atoms with Crippen molar-refractivity contribution in [2.75, 3.05) is 5.32 Å². The van der Waals surface area contributed by atoms with E-state index in [1.54, 1.807) is 19.1 Å². The van der Waals surface area contributed by atoms with Crippen LogP contribution < -0.4 is 16.0 Å². The summed E-state index contributed by atoms with van der Waals surface area (Å²) >= 11 is 0. The molecule has 28 heavy (non-hydrogen) atoms. The number of nitrogens with one attached hydrogen (secondary N) is 4. The van der Waals surface area contributed by atoms with Crippen molar-refractivity contribution in [3.63, 3.8) is 0 Å². The number of benzene rings is 2. The van der Waals surface area contributed by atoms with Crippen LogP contribution in [-0.4, -0.2) is 27.9 Å². The number of imidazole rings is 1. The SMILES string of the molecule is CC(C)[C@@H](NC(=O)[C@H](C)NC(=O)Nc1ccccc1)c1nc2ccccc2[nH]1. The van der Waals surface area contributed by atoms with E-state index in [-0.39, 0.29) is 17.9 Å². The Morgan fingerprint density at radius 1 is 0.929 bits per heavy atom. The van der Waals surface area contributed by atoms with E-state index >= 15 is 0 Å². The molecule has 3 aromatic rings. The number of anilines is 1. The van der Waals surface area contributed by atoms with Crippen LogP contribution in [0, 0.1) is 5.92 Å². The van der Waals surface area contributed by atoms with Crippen LogP contribution in [0.25, 0.3) is 11.0 Å². The molecule has 0 aliphatic rings. The van der Waals surface area contributed by atoms with Gasteiger partial charge in [0.15, 0.2) is 0 Å². The van der Waals surface area contributed by atoms with Gasteiger partial charge in [-0.05, 0) is 37.1 Å². The van der Waals surface area contributed by atoms with Gasteiger partial charge in [0.2, 0.25) is 5.91 Å². The normalized spacial score (nSPS) is 13.1. The monoisotopic (exact) mass is 379 g/mol. The molecule has 3 amide bonds. The second-order valence-electron chi connectivity index (χ2n) is 7.06. The van der Waals surface area contributed by atoms with Crippen molar-refractivity contribution in [2.45, 2.75) is 32.9 Å². The van der Waals surface area contributed by atoms with E-state index in [2.05, 4.69) is 25.9 Å². The van der Waals surface area contributed by atoms with E-state index in [1.807, 2.05) is 56.3 Å². The van der Waals surface area contributed by atoms with Crippen molar-refractivity contribution < 1.29 is 9.59 Å². The maximum atomic E-state index is 12.6. The van der Waals surface area contributed by atoms with E-state index in [9.17, 15) is 9.59 Å². The number of hydrogen-bond donors (Lipinski definition) is 4. The number of nitrogens with zero attached hydrogens (tertiary/aromatic N) is 1. The standard InChI is InChI=1S/C21H25N5O2/c1-13(2)18(19-24-16-11-7-8-12-17(16)25-19)26-20(27)14(3)22-21(28)23-15-9-5-4-6-10-15/h4-14,18H,1-3H3,(H,24,25)(H,26,27)(H2,22,23,28)/t14-,18+/m0/s1. The predicted octanol–water partition coefficient (Wildman–Crippen LogP) is 3.59. The highest BCUT2D eigenvalue weighted by molar-refractivity contribution is 5.93. The largest absolute Gasteiger partial charge is 0.344 e. The number of urea groups is 1. The van der Waals surface area contributed by atoms with Crippen molar-refractivity contribution >= 4 is 28.7 Å². The molecule has 0 saturated carbocycles. The van der Waals surface area contributed by atoms with Gasteiger partial charge in [-0.3, -0.25) is 4.79 Å². The molecule has 7 heteroatoms. The number of aromatic amines is 1. The highest BCUT2D eigenvalue weighted by Gasteiger charge is 2.25. The summed E-state index contributed by atoms with van der Waals surface area (Å²) in [6.07, 6.45) is 0. The smallest absolute Gasteiger partial charge is 0.319 e. The van der Waals surface area contributed by atoms with E-state index in [0.717, 1.165) is 11.0 Å². The third kappa shape index (κ3) is 4.68. The quantitative estimate of drug-likeness (QED) is 0.527. The molecule has 0 bridgehead atoms. The lowest BCUT2D eigenvalue weighted by molar-refractivity contribution is -0.123. The van der Waals surface area contributed by atoms with Gasteiger partial charge in [-0.2, -0.15) is 0 Å². The fraction of sp³-hybridized carbons (Fsp3) is 0.286. The first-order valence-electron chi connectivity index (χ1n) is 9.31. The molecule has 3 rings (SSSR count). The predicted molar refractivity (Wildman–Crippen MR) is 110 cm³/mol. The van der Waals surface area contributed by atoms with Gasteiger partial charge in [0.25, 0.3) is 0 Å². The minimum absolute atomic E-state index is 0.120. The Kier molecular flexibility index (Phi) is 5.93. The molecule has 1 heterocycles. The van der Waals surface area contributed by atoms with Gasteiger partial charge in [0.1, 0.15) is 11.9 Å². The second-order valence-corrected chi connectivity index (χ2v) is 7.06. The first kappa shape index (κ1) is 19.4. The number of carbonyl (C=O) groups excluding carboxylic acids is 2. The lowest BCUT2D eigenvalue weighted by Crippen LogP contribution is -2.48. The summed E-state index contributed by atoms with van der Waals surface area (Å²) in [7, 11) is 0. The maximum Gasteiger partial charge on any atom is 0.319 e. The van der Waals surface area contributed by atoms with Crippen LogP contribution in [0.1, 0.15) is 32.6 Å². The van der Waals surface area contributed by atoms with E-state index in [1.165, 1.54) is 0 Å². The number of aromatic nitrogens is 2. The zero-order chi connectivity index (χ0) is 20.1. The van der Waals surface area contributed by atoms with Crippen LogP contribution >= 0.6 is 0 Å². The summed E-state index contributed by atoms with van der Waals surface area (Å²) in [6.45, 7) is 5.67. The molecule has 2 atom stereocenters. The molecule has 7 nitrogen and oxygen atoms in total. The zero-order valence-electron chi connectivity index (χ0n) is 16.2. The first-order chi connectivity index (χ1) is 13.4. The average Bonchev–Trinajstić information content (AvgIpc) is 3.09. The lowest BCUT2D eigenvalue weighted by atomic mass is 10.0. The number of amides is 3. The van der Waals surface area contributed by atoms with E-state index < -0.39 is 12.1 Å². The Balaban J connectivity index is 1.64. The van der Waals surface area contributed by atoms with Gasteiger partial charge in [0, 0.05) is 5.69 Å². The van der Waals surface area contributed by atoms with E-state index in [4.69, 9.17) is 0 Å². The Morgan fingerprint density at radius 2 is 1.61 bits per heavy atom. The van der Waals surface area contributed by atoms with Crippen molar-refractivity contribution in [1.29, 1.82) is 0 Å². The zero-order valence-corrected chi connectivity index (χ0v) is 16.2. The Bertz CT molecular complexity index is 919. The average molecular weight is 379 g/mol. The van der Waals surface area contributed by atoms with Gasteiger partial charge in [-0.25, -0.2) is 9.78 Å². The number of para-hydroxylation sites is 3. The molecule has 2 aromatic carbocycles. The minimum atomic E-state index is -0.700. The van der Waals surface area contributed by atoms with Crippen LogP contribution in [0.5, 0.6) is 0 Å². The molecule has 0 aliphatic carbocycles. The number of carbonyl (C=O) groups is 2. The maximum absolute atomic E-state index is 12.6. The van der Waals surface area contributed by atoms with Crippen LogP contribution in [-0.2, 0) is 4.79 Å². The van der Waals surface area contributed by atoms with Crippen molar-refractivity contribution in [3.8, 4) is 0 Å². The lowest BCUT2D eigenvalue weighted by Gasteiger charge is -2.23. The number of fused-ring (bicyclic) bond motifs is 1. The molecule has 1 aromatic heterocycles. The van der Waals surface area contributed by atoms with Gasteiger partial charge in [-0.15, -0.1) is 0 Å². The molecule has 0 saturated heterocycles. The van der Waals surface area contributed by atoms with Crippen molar-refractivity contribution in [3.05, 3.63) is 60.4 Å². The summed E-state index contributed by atoms with van der Waals surface area (Å²) in [5.41, 5.74) is 2.44. The van der Waals surface area contributed by atoms with Crippen molar-refractivity contribution in [1.82, 2.24) is 20.6 Å². The van der Waals surface area contributed by atoms with Gasteiger partial charge in [0.05, 0.1) is 17.1 Å². The van der Waals surface area contributed by atoms with Crippen LogP contribution in [0.3, 0.4) is 0 Å². The molecule has 0 spiro atoms. The minimum Gasteiger partial charge on any atom is -0.344 e.